The van der Waals surface area contributed by atoms with Crippen LogP contribution in [0.5, 0.6) is 5.75 Å². The molecule has 0 fully saturated rings. The van der Waals surface area contributed by atoms with Crippen molar-refractivity contribution in [3.8, 4) is 5.75 Å². The molecule has 0 spiro atoms. The van der Waals surface area contributed by atoms with Gasteiger partial charge in [0.05, 0.1) is 6.61 Å². The van der Waals surface area contributed by atoms with Gasteiger partial charge < -0.3 is 10.1 Å². The Balaban J connectivity index is 2.04. The zero-order chi connectivity index (χ0) is 14.5. The zero-order valence-electron chi connectivity index (χ0n) is 12.1. The van der Waals surface area contributed by atoms with Crippen LogP contribution in [0.15, 0.2) is 30.5 Å². The van der Waals surface area contributed by atoms with E-state index in [1.165, 1.54) is 0 Å². The van der Waals surface area contributed by atoms with Crippen LogP contribution in [0.4, 0.5) is 0 Å². The molecule has 108 valence electrons. The van der Waals surface area contributed by atoms with Crippen LogP contribution in [-0.2, 0) is 13.5 Å². The van der Waals surface area contributed by atoms with Gasteiger partial charge in [-0.3, -0.25) is 4.68 Å². The number of rotatable bonds is 6. The van der Waals surface area contributed by atoms with Gasteiger partial charge in [-0.25, -0.2) is 0 Å². The lowest BCUT2D eigenvalue weighted by molar-refractivity contribution is 0.312. The monoisotopic (exact) mass is 293 g/mol. The smallest absolute Gasteiger partial charge is 0.124 e. The van der Waals surface area contributed by atoms with Crippen LogP contribution in [0.2, 0.25) is 5.02 Å². The summed E-state index contributed by atoms with van der Waals surface area (Å²) in [6.45, 7) is 2.70. The first-order chi connectivity index (χ1) is 9.61. The predicted octanol–water partition coefficient (Wildman–Crippen LogP) is 2.98. The normalized spacial score (nSPS) is 12.4. The minimum atomic E-state index is 0.195. The van der Waals surface area contributed by atoms with Crippen molar-refractivity contribution in [2.75, 3.05) is 13.7 Å². The second-order valence-corrected chi connectivity index (χ2v) is 5.17. The van der Waals surface area contributed by atoms with Crippen molar-refractivity contribution in [1.29, 1.82) is 0 Å². The highest BCUT2D eigenvalue weighted by Crippen LogP contribution is 2.28. The molecule has 2 aromatic rings. The molecule has 1 N–H and O–H groups in total. The van der Waals surface area contributed by atoms with Crippen molar-refractivity contribution < 1.29 is 4.74 Å². The first kappa shape index (κ1) is 14.9. The minimum absolute atomic E-state index is 0.195. The number of benzene rings is 1. The Kier molecular flexibility index (Phi) is 5.04. The van der Waals surface area contributed by atoms with Gasteiger partial charge in [0.25, 0.3) is 0 Å². The Labute approximate surface area is 124 Å². The molecule has 0 bridgehead atoms. The molecule has 5 heteroatoms. The van der Waals surface area contributed by atoms with Crippen LogP contribution in [0, 0.1) is 0 Å². The van der Waals surface area contributed by atoms with E-state index in [9.17, 15) is 0 Å². The second kappa shape index (κ2) is 6.77. The summed E-state index contributed by atoms with van der Waals surface area (Å²) in [6, 6.07) is 7.92. The summed E-state index contributed by atoms with van der Waals surface area (Å²) in [4.78, 5) is 0. The quantitative estimate of drug-likeness (QED) is 0.890. The molecule has 0 saturated carbocycles. The molecule has 1 aromatic carbocycles. The molecule has 0 aliphatic carbocycles. The molecule has 1 heterocycles. The number of halogens is 1. The van der Waals surface area contributed by atoms with E-state index >= 15 is 0 Å². The molecule has 0 aliphatic rings. The molecule has 0 amide bonds. The molecule has 1 unspecified atom stereocenters. The topological polar surface area (TPSA) is 39.1 Å². The predicted molar refractivity (Wildman–Crippen MR) is 81.3 cm³/mol. The van der Waals surface area contributed by atoms with Gasteiger partial charge in [-0.1, -0.05) is 11.6 Å². The summed E-state index contributed by atoms with van der Waals surface area (Å²) in [5.74, 6) is 0.874. The molecule has 2 rings (SSSR count). The average Bonchev–Trinajstić information content (AvgIpc) is 2.85. The number of nitrogens with one attached hydrogen (secondary N) is 1. The first-order valence-electron chi connectivity index (χ1n) is 6.68. The lowest BCUT2D eigenvalue weighted by Gasteiger charge is -2.17. The maximum atomic E-state index is 6.06. The lowest BCUT2D eigenvalue weighted by Crippen LogP contribution is -2.14. The number of aromatic nitrogens is 2. The van der Waals surface area contributed by atoms with E-state index in [4.69, 9.17) is 16.3 Å². The van der Waals surface area contributed by atoms with Crippen LogP contribution < -0.4 is 10.1 Å². The highest BCUT2D eigenvalue weighted by molar-refractivity contribution is 6.30. The number of hydrogen-bond donors (Lipinski definition) is 1. The van der Waals surface area contributed by atoms with Gasteiger partial charge in [0.15, 0.2) is 0 Å². The Hall–Kier alpha value is -1.52. The van der Waals surface area contributed by atoms with Crippen molar-refractivity contribution >= 4 is 11.6 Å². The van der Waals surface area contributed by atoms with E-state index in [1.807, 2.05) is 43.0 Å². The van der Waals surface area contributed by atoms with Gasteiger partial charge in [0.2, 0.25) is 0 Å². The van der Waals surface area contributed by atoms with Crippen molar-refractivity contribution in [2.45, 2.75) is 19.4 Å². The van der Waals surface area contributed by atoms with Crippen molar-refractivity contribution in [2.24, 2.45) is 7.05 Å². The lowest BCUT2D eigenvalue weighted by atomic mass is 10.1. The zero-order valence-corrected chi connectivity index (χ0v) is 12.8. The van der Waals surface area contributed by atoms with E-state index < -0.39 is 0 Å². The summed E-state index contributed by atoms with van der Waals surface area (Å²) >= 11 is 6.06. The van der Waals surface area contributed by atoms with Gasteiger partial charge in [-0.15, -0.1) is 0 Å². The second-order valence-electron chi connectivity index (χ2n) is 4.74. The van der Waals surface area contributed by atoms with E-state index in [-0.39, 0.29) is 6.04 Å². The first-order valence-corrected chi connectivity index (χ1v) is 7.06. The summed E-state index contributed by atoms with van der Waals surface area (Å²) < 4.78 is 7.77. The number of nitrogens with zero attached hydrogens (tertiary/aromatic N) is 2. The third-order valence-electron chi connectivity index (χ3n) is 3.41. The molecular weight excluding hydrogens is 274 g/mol. The fraction of sp³-hybridized carbons (Fsp3) is 0.400. The molecule has 0 aliphatic heterocycles. The van der Waals surface area contributed by atoms with Gasteiger partial charge in [-0.2, -0.15) is 5.10 Å². The summed E-state index contributed by atoms with van der Waals surface area (Å²) in [5.41, 5.74) is 2.23. The Morgan fingerprint density at radius 2 is 2.20 bits per heavy atom. The average molecular weight is 294 g/mol. The Morgan fingerprint density at radius 3 is 2.85 bits per heavy atom. The van der Waals surface area contributed by atoms with Crippen LogP contribution in [0.25, 0.3) is 0 Å². The maximum Gasteiger partial charge on any atom is 0.124 e. The molecule has 1 aromatic heterocycles. The Bertz CT molecular complexity index is 568. The van der Waals surface area contributed by atoms with Crippen LogP contribution in [0.1, 0.15) is 24.2 Å². The molecule has 4 nitrogen and oxygen atoms in total. The molecule has 1 atom stereocenters. The molecule has 0 radical (unpaired) electrons. The van der Waals surface area contributed by atoms with Gasteiger partial charge in [-0.05, 0) is 38.2 Å². The molecule has 0 saturated heterocycles. The largest absolute Gasteiger partial charge is 0.493 e. The van der Waals surface area contributed by atoms with E-state index in [1.54, 1.807) is 6.20 Å². The highest BCUT2D eigenvalue weighted by Gasteiger charge is 2.11. The minimum Gasteiger partial charge on any atom is -0.493 e. The van der Waals surface area contributed by atoms with Crippen LogP contribution in [0.3, 0.4) is 0 Å². The van der Waals surface area contributed by atoms with Crippen molar-refractivity contribution in [3.05, 3.63) is 46.7 Å². The summed E-state index contributed by atoms with van der Waals surface area (Å²) in [7, 11) is 3.86. The third kappa shape index (κ3) is 3.52. The fourth-order valence-corrected chi connectivity index (χ4v) is 2.24. The van der Waals surface area contributed by atoms with Crippen molar-refractivity contribution in [3.63, 3.8) is 0 Å². The van der Waals surface area contributed by atoms with E-state index in [0.29, 0.717) is 6.61 Å². The van der Waals surface area contributed by atoms with Crippen LogP contribution in [-0.4, -0.2) is 23.4 Å². The van der Waals surface area contributed by atoms with E-state index in [0.717, 1.165) is 28.5 Å². The van der Waals surface area contributed by atoms with Crippen LogP contribution >= 0.6 is 11.6 Å². The number of aryl methyl sites for hydroxylation is 1. The van der Waals surface area contributed by atoms with Gasteiger partial charge >= 0.3 is 0 Å². The van der Waals surface area contributed by atoms with Gasteiger partial charge in [0, 0.05) is 42.0 Å². The Morgan fingerprint density at radius 1 is 1.40 bits per heavy atom. The molecular formula is C15H20ClN3O. The van der Waals surface area contributed by atoms with Crippen molar-refractivity contribution in [1.82, 2.24) is 15.1 Å². The summed E-state index contributed by atoms with van der Waals surface area (Å²) in [6.07, 6.45) is 2.62. The molecule has 20 heavy (non-hydrogen) atoms. The maximum absolute atomic E-state index is 6.06. The number of hydrogen-bond acceptors (Lipinski definition) is 3. The SMILES string of the molecule is CNC(C)c1cc(Cl)ccc1OCCc1ccnn1C. The fourth-order valence-electron chi connectivity index (χ4n) is 2.06. The standard InChI is InChI=1S/C15H20ClN3O/c1-11(17-2)14-10-12(16)4-5-15(14)20-9-7-13-6-8-18-19(13)3/h4-6,8,10-11,17H,7,9H2,1-3H3. The van der Waals surface area contributed by atoms with Gasteiger partial charge in [0.1, 0.15) is 5.75 Å². The summed E-state index contributed by atoms with van der Waals surface area (Å²) in [5, 5.41) is 8.08. The highest BCUT2D eigenvalue weighted by atomic mass is 35.5. The third-order valence-corrected chi connectivity index (χ3v) is 3.64. The van der Waals surface area contributed by atoms with E-state index in [2.05, 4.69) is 17.3 Å². The number of ether oxygens (including phenoxy) is 1.